The summed E-state index contributed by atoms with van der Waals surface area (Å²) in [4.78, 5) is 2.17. The normalized spacial score (nSPS) is 16.9. The van der Waals surface area contributed by atoms with Crippen molar-refractivity contribution in [1.82, 2.24) is 5.32 Å². The Morgan fingerprint density at radius 2 is 2.00 bits per heavy atom. The van der Waals surface area contributed by atoms with E-state index in [9.17, 15) is 4.39 Å². The molecule has 0 radical (unpaired) electrons. The molecule has 0 amide bonds. The topological polar surface area (TPSA) is 15.3 Å². The van der Waals surface area contributed by atoms with Gasteiger partial charge in [-0.05, 0) is 24.6 Å². The van der Waals surface area contributed by atoms with E-state index in [-0.39, 0.29) is 5.82 Å². The van der Waals surface area contributed by atoms with Gasteiger partial charge in [0.15, 0.2) is 0 Å². The minimum absolute atomic E-state index is 0.265. The van der Waals surface area contributed by atoms with Gasteiger partial charge in [0.25, 0.3) is 0 Å². The maximum absolute atomic E-state index is 13.2. The third kappa shape index (κ3) is 2.24. The lowest BCUT2D eigenvalue weighted by molar-refractivity contribution is 0.583. The Kier molecular flexibility index (Phi) is 3.12. The summed E-state index contributed by atoms with van der Waals surface area (Å²) in [5.74, 6) is -0.265. The Morgan fingerprint density at radius 1 is 1.33 bits per heavy atom. The monoisotopic (exact) mass is 228 g/mol. The summed E-state index contributed by atoms with van der Waals surface area (Å²) >= 11 is 5.96. The molecule has 15 heavy (non-hydrogen) atoms. The van der Waals surface area contributed by atoms with Crippen molar-refractivity contribution in [3.8, 4) is 0 Å². The standard InChI is InChI=1S/C11H14ClFN2/c1-8-10(12)6-9(13)7-11(8)15-4-2-14-3-5-15/h6-7,14H,2-5H2,1H3. The van der Waals surface area contributed by atoms with Crippen LogP contribution in [-0.4, -0.2) is 26.2 Å². The van der Waals surface area contributed by atoms with Crippen molar-refractivity contribution >= 4 is 17.3 Å². The van der Waals surface area contributed by atoms with Crippen molar-refractivity contribution in [2.24, 2.45) is 0 Å². The number of anilines is 1. The van der Waals surface area contributed by atoms with Crippen LogP contribution in [0.1, 0.15) is 5.56 Å². The molecule has 1 fully saturated rings. The third-order valence-electron chi connectivity index (χ3n) is 2.74. The van der Waals surface area contributed by atoms with E-state index in [4.69, 9.17) is 11.6 Å². The largest absolute Gasteiger partial charge is 0.369 e. The molecule has 0 spiro atoms. The second-order valence-electron chi connectivity index (χ2n) is 3.77. The molecule has 0 aliphatic carbocycles. The van der Waals surface area contributed by atoms with Gasteiger partial charge >= 0.3 is 0 Å². The van der Waals surface area contributed by atoms with E-state index in [1.165, 1.54) is 6.07 Å². The van der Waals surface area contributed by atoms with Crippen LogP contribution >= 0.6 is 11.6 Å². The average molecular weight is 229 g/mol. The van der Waals surface area contributed by atoms with Crippen molar-refractivity contribution in [2.45, 2.75) is 6.92 Å². The molecule has 2 nitrogen and oxygen atoms in total. The van der Waals surface area contributed by atoms with Gasteiger partial charge in [0.1, 0.15) is 5.82 Å². The zero-order chi connectivity index (χ0) is 10.8. The fourth-order valence-electron chi connectivity index (χ4n) is 1.87. The first-order valence-electron chi connectivity index (χ1n) is 5.10. The van der Waals surface area contributed by atoms with Crippen LogP contribution in [0.2, 0.25) is 5.02 Å². The molecule has 0 unspecified atom stereocenters. The molecule has 1 heterocycles. The van der Waals surface area contributed by atoms with Crippen molar-refractivity contribution in [3.63, 3.8) is 0 Å². The highest BCUT2D eigenvalue weighted by Gasteiger charge is 2.15. The van der Waals surface area contributed by atoms with E-state index >= 15 is 0 Å². The second kappa shape index (κ2) is 4.37. The second-order valence-corrected chi connectivity index (χ2v) is 4.18. The van der Waals surface area contributed by atoms with Gasteiger partial charge in [-0.2, -0.15) is 0 Å². The van der Waals surface area contributed by atoms with E-state index in [2.05, 4.69) is 10.2 Å². The summed E-state index contributed by atoms with van der Waals surface area (Å²) in [6, 6.07) is 2.93. The lowest BCUT2D eigenvalue weighted by Gasteiger charge is -2.31. The first-order valence-corrected chi connectivity index (χ1v) is 5.47. The van der Waals surface area contributed by atoms with E-state index in [1.807, 2.05) is 6.92 Å². The van der Waals surface area contributed by atoms with Crippen LogP contribution in [0.25, 0.3) is 0 Å². The van der Waals surface area contributed by atoms with Crippen LogP contribution in [0.3, 0.4) is 0 Å². The lowest BCUT2D eigenvalue weighted by atomic mass is 10.1. The summed E-state index contributed by atoms with van der Waals surface area (Å²) in [5, 5.41) is 3.77. The molecule has 2 rings (SSSR count). The molecular formula is C11H14ClFN2. The molecular weight excluding hydrogens is 215 g/mol. The molecule has 0 saturated carbocycles. The molecule has 1 aliphatic rings. The van der Waals surface area contributed by atoms with Gasteiger partial charge < -0.3 is 10.2 Å². The highest BCUT2D eigenvalue weighted by atomic mass is 35.5. The van der Waals surface area contributed by atoms with Crippen molar-refractivity contribution in [1.29, 1.82) is 0 Å². The maximum atomic E-state index is 13.2. The molecule has 1 aliphatic heterocycles. The van der Waals surface area contributed by atoms with E-state index < -0.39 is 0 Å². The molecule has 1 N–H and O–H groups in total. The minimum atomic E-state index is -0.265. The fourth-order valence-corrected chi connectivity index (χ4v) is 2.07. The average Bonchev–Trinajstić information content (AvgIpc) is 2.24. The number of halogens is 2. The number of hydrogen-bond acceptors (Lipinski definition) is 2. The van der Waals surface area contributed by atoms with Crippen molar-refractivity contribution < 1.29 is 4.39 Å². The third-order valence-corrected chi connectivity index (χ3v) is 3.13. The van der Waals surface area contributed by atoms with Gasteiger partial charge in [0.05, 0.1) is 0 Å². The Labute approximate surface area is 94.0 Å². The Morgan fingerprint density at radius 3 is 2.67 bits per heavy atom. The number of piperazine rings is 1. The summed E-state index contributed by atoms with van der Waals surface area (Å²) in [5.41, 5.74) is 1.88. The van der Waals surface area contributed by atoms with Crippen LogP contribution in [0.5, 0.6) is 0 Å². The Bertz CT molecular complexity index is 362. The zero-order valence-corrected chi connectivity index (χ0v) is 9.44. The van der Waals surface area contributed by atoms with E-state index in [0.717, 1.165) is 37.4 Å². The first kappa shape index (κ1) is 10.7. The number of rotatable bonds is 1. The number of benzene rings is 1. The van der Waals surface area contributed by atoms with Gasteiger partial charge in [0, 0.05) is 36.9 Å². The fraction of sp³-hybridized carbons (Fsp3) is 0.455. The minimum Gasteiger partial charge on any atom is -0.369 e. The molecule has 1 aromatic rings. The summed E-state index contributed by atoms with van der Waals surface area (Å²) in [7, 11) is 0. The van der Waals surface area contributed by atoms with Crippen LogP contribution in [0.4, 0.5) is 10.1 Å². The molecule has 82 valence electrons. The van der Waals surface area contributed by atoms with Gasteiger partial charge in [-0.15, -0.1) is 0 Å². The van der Waals surface area contributed by atoms with Gasteiger partial charge in [-0.3, -0.25) is 0 Å². The zero-order valence-electron chi connectivity index (χ0n) is 8.69. The molecule has 0 atom stereocenters. The smallest absolute Gasteiger partial charge is 0.126 e. The van der Waals surface area contributed by atoms with Gasteiger partial charge in [-0.25, -0.2) is 4.39 Å². The number of hydrogen-bond donors (Lipinski definition) is 1. The quantitative estimate of drug-likeness (QED) is 0.793. The van der Waals surface area contributed by atoms with E-state index in [1.54, 1.807) is 6.07 Å². The number of nitrogens with zero attached hydrogens (tertiary/aromatic N) is 1. The van der Waals surface area contributed by atoms with Crippen LogP contribution in [0, 0.1) is 12.7 Å². The first-order chi connectivity index (χ1) is 7.18. The molecule has 4 heteroatoms. The molecule has 0 aromatic heterocycles. The van der Waals surface area contributed by atoms with Crippen LogP contribution in [-0.2, 0) is 0 Å². The number of nitrogens with one attached hydrogen (secondary N) is 1. The Balaban J connectivity index is 2.33. The summed E-state index contributed by atoms with van der Waals surface area (Å²) < 4.78 is 13.2. The molecule has 0 bridgehead atoms. The molecule has 1 aromatic carbocycles. The van der Waals surface area contributed by atoms with E-state index in [0.29, 0.717) is 5.02 Å². The van der Waals surface area contributed by atoms with Crippen LogP contribution < -0.4 is 10.2 Å². The maximum Gasteiger partial charge on any atom is 0.126 e. The van der Waals surface area contributed by atoms with Crippen molar-refractivity contribution in [2.75, 3.05) is 31.1 Å². The van der Waals surface area contributed by atoms with Crippen molar-refractivity contribution in [3.05, 3.63) is 28.5 Å². The SMILES string of the molecule is Cc1c(Cl)cc(F)cc1N1CCNCC1. The van der Waals surface area contributed by atoms with Crippen LogP contribution in [0.15, 0.2) is 12.1 Å². The predicted octanol–water partition coefficient (Wildman–Crippen LogP) is 2.20. The van der Waals surface area contributed by atoms with Gasteiger partial charge in [0.2, 0.25) is 0 Å². The Hall–Kier alpha value is -0.800. The van der Waals surface area contributed by atoms with Gasteiger partial charge in [-0.1, -0.05) is 11.6 Å². The highest BCUT2D eigenvalue weighted by molar-refractivity contribution is 6.31. The summed E-state index contributed by atoms with van der Waals surface area (Å²) in [6.07, 6.45) is 0. The lowest BCUT2D eigenvalue weighted by Crippen LogP contribution is -2.43. The highest BCUT2D eigenvalue weighted by Crippen LogP contribution is 2.28. The molecule has 1 saturated heterocycles. The predicted molar refractivity (Wildman–Crippen MR) is 61.2 cm³/mol. The summed E-state index contributed by atoms with van der Waals surface area (Å²) in [6.45, 7) is 5.61.